The van der Waals surface area contributed by atoms with Crippen molar-refractivity contribution in [3.05, 3.63) is 78.1 Å². The molecule has 3 aromatic rings. The van der Waals surface area contributed by atoms with Crippen LogP contribution in [0.25, 0.3) is 0 Å². The molecule has 0 aliphatic rings. The van der Waals surface area contributed by atoms with Gasteiger partial charge < -0.3 is 15.4 Å². The molecule has 0 unspecified atom stereocenters. The molecule has 0 saturated carbocycles. The zero-order chi connectivity index (χ0) is 19.1. The normalized spacial score (nSPS) is 10.3. The van der Waals surface area contributed by atoms with E-state index in [0.717, 1.165) is 17.8 Å². The monoisotopic (exact) mass is 361 g/mol. The minimum absolute atomic E-state index is 0.277. The standard InChI is InChI=1S/C22H23N3O2/c1-3-16-9-11-17(12-10-16)24-18-13-14-20(23-15-18)22(26)25-19-7-5-6-8-21(19)27-4-2/h5-15,24H,3-4H2,1-2H3,(H,25,26). The first-order chi connectivity index (χ1) is 13.2. The van der Waals surface area contributed by atoms with Gasteiger partial charge in [0, 0.05) is 5.69 Å². The lowest BCUT2D eigenvalue weighted by Gasteiger charge is -2.11. The summed E-state index contributed by atoms with van der Waals surface area (Å²) in [6.45, 7) is 4.56. The van der Waals surface area contributed by atoms with E-state index in [2.05, 4.69) is 34.7 Å². The molecule has 2 N–H and O–H groups in total. The van der Waals surface area contributed by atoms with Crippen LogP contribution in [0.4, 0.5) is 17.1 Å². The minimum Gasteiger partial charge on any atom is -0.492 e. The second-order valence-corrected chi connectivity index (χ2v) is 5.99. The number of amides is 1. The summed E-state index contributed by atoms with van der Waals surface area (Å²) in [6, 6.07) is 19.1. The van der Waals surface area contributed by atoms with Gasteiger partial charge in [-0.3, -0.25) is 4.79 Å². The van der Waals surface area contributed by atoms with Crippen molar-refractivity contribution in [2.45, 2.75) is 20.3 Å². The number of anilines is 3. The molecule has 27 heavy (non-hydrogen) atoms. The number of ether oxygens (including phenoxy) is 1. The second kappa shape index (κ2) is 8.85. The Morgan fingerprint density at radius 1 is 0.963 bits per heavy atom. The van der Waals surface area contributed by atoms with Gasteiger partial charge in [-0.05, 0) is 55.3 Å². The number of aromatic nitrogens is 1. The van der Waals surface area contributed by atoms with E-state index in [-0.39, 0.29) is 5.91 Å². The Kier molecular flexibility index (Phi) is 6.05. The molecule has 2 aromatic carbocycles. The van der Waals surface area contributed by atoms with Gasteiger partial charge in [-0.15, -0.1) is 0 Å². The van der Waals surface area contributed by atoms with Crippen LogP contribution in [0.1, 0.15) is 29.9 Å². The number of hydrogen-bond acceptors (Lipinski definition) is 4. The van der Waals surface area contributed by atoms with Crippen LogP contribution in [0.3, 0.4) is 0 Å². The van der Waals surface area contributed by atoms with Gasteiger partial charge in [0.2, 0.25) is 0 Å². The van der Waals surface area contributed by atoms with E-state index in [4.69, 9.17) is 4.74 Å². The Bertz CT molecular complexity index is 890. The van der Waals surface area contributed by atoms with Crippen LogP contribution in [0.2, 0.25) is 0 Å². The number of nitrogens with zero attached hydrogens (tertiary/aromatic N) is 1. The number of carbonyl (C=O) groups excluding carboxylic acids is 1. The summed E-state index contributed by atoms with van der Waals surface area (Å²) in [4.78, 5) is 16.7. The lowest BCUT2D eigenvalue weighted by molar-refractivity contribution is 0.102. The largest absolute Gasteiger partial charge is 0.492 e. The van der Waals surface area contributed by atoms with Gasteiger partial charge in [0.05, 0.1) is 24.2 Å². The molecule has 0 radical (unpaired) electrons. The van der Waals surface area contributed by atoms with Gasteiger partial charge in [0.1, 0.15) is 11.4 Å². The molecule has 0 fully saturated rings. The smallest absolute Gasteiger partial charge is 0.274 e. The molecular weight excluding hydrogens is 338 g/mol. The molecule has 138 valence electrons. The predicted molar refractivity (Wildman–Crippen MR) is 109 cm³/mol. The summed E-state index contributed by atoms with van der Waals surface area (Å²) >= 11 is 0. The molecule has 1 heterocycles. The highest BCUT2D eigenvalue weighted by molar-refractivity contribution is 6.03. The number of para-hydroxylation sites is 2. The van der Waals surface area contributed by atoms with Crippen LogP contribution in [0.5, 0.6) is 5.75 Å². The van der Waals surface area contributed by atoms with Gasteiger partial charge in [-0.2, -0.15) is 0 Å². The van der Waals surface area contributed by atoms with Crippen molar-refractivity contribution in [3.63, 3.8) is 0 Å². The lowest BCUT2D eigenvalue weighted by Crippen LogP contribution is -2.14. The maximum atomic E-state index is 12.5. The predicted octanol–water partition coefficient (Wildman–Crippen LogP) is 5.04. The van der Waals surface area contributed by atoms with Gasteiger partial charge in [-0.25, -0.2) is 4.98 Å². The van der Waals surface area contributed by atoms with E-state index in [1.165, 1.54) is 5.56 Å². The van der Waals surface area contributed by atoms with Gasteiger partial charge >= 0.3 is 0 Å². The highest BCUT2D eigenvalue weighted by Gasteiger charge is 2.11. The molecule has 5 heteroatoms. The zero-order valence-corrected chi connectivity index (χ0v) is 15.5. The minimum atomic E-state index is -0.277. The van der Waals surface area contributed by atoms with Gasteiger partial charge in [0.25, 0.3) is 5.91 Å². The first-order valence-electron chi connectivity index (χ1n) is 9.04. The number of carbonyl (C=O) groups is 1. The molecule has 1 aromatic heterocycles. The summed E-state index contributed by atoms with van der Waals surface area (Å²) in [6.07, 6.45) is 2.66. The molecule has 0 saturated heterocycles. The third-order valence-corrected chi connectivity index (χ3v) is 4.08. The molecule has 1 amide bonds. The van der Waals surface area contributed by atoms with Crippen LogP contribution < -0.4 is 15.4 Å². The van der Waals surface area contributed by atoms with Gasteiger partial charge in [0.15, 0.2) is 0 Å². The number of hydrogen-bond donors (Lipinski definition) is 2. The van der Waals surface area contributed by atoms with E-state index in [9.17, 15) is 4.79 Å². The molecular formula is C22H23N3O2. The number of nitrogens with one attached hydrogen (secondary N) is 2. The van der Waals surface area contributed by atoms with Crippen LogP contribution in [0, 0.1) is 0 Å². The van der Waals surface area contributed by atoms with E-state index < -0.39 is 0 Å². The maximum Gasteiger partial charge on any atom is 0.274 e. The SMILES string of the molecule is CCOc1ccccc1NC(=O)c1ccc(Nc2ccc(CC)cc2)cn1. The fourth-order valence-electron chi connectivity index (χ4n) is 2.63. The van der Waals surface area contributed by atoms with Crippen molar-refractivity contribution in [1.29, 1.82) is 0 Å². The summed E-state index contributed by atoms with van der Waals surface area (Å²) in [5.74, 6) is 0.364. The highest BCUT2D eigenvalue weighted by Crippen LogP contribution is 2.24. The molecule has 5 nitrogen and oxygen atoms in total. The quantitative estimate of drug-likeness (QED) is 0.619. The number of benzene rings is 2. The van der Waals surface area contributed by atoms with E-state index in [1.54, 1.807) is 18.3 Å². The summed E-state index contributed by atoms with van der Waals surface area (Å²) in [7, 11) is 0. The highest BCUT2D eigenvalue weighted by atomic mass is 16.5. The molecule has 0 bridgehead atoms. The Morgan fingerprint density at radius 2 is 1.70 bits per heavy atom. The van der Waals surface area contributed by atoms with Crippen molar-refractivity contribution in [2.75, 3.05) is 17.2 Å². The first kappa shape index (κ1) is 18.5. The fraction of sp³-hybridized carbons (Fsp3) is 0.182. The number of pyridine rings is 1. The first-order valence-corrected chi connectivity index (χ1v) is 9.04. The third kappa shape index (κ3) is 4.85. The Morgan fingerprint density at radius 3 is 2.37 bits per heavy atom. The van der Waals surface area contributed by atoms with E-state index >= 15 is 0 Å². The van der Waals surface area contributed by atoms with Crippen LogP contribution in [-0.4, -0.2) is 17.5 Å². The fourth-order valence-corrected chi connectivity index (χ4v) is 2.63. The summed E-state index contributed by atoms with van der Waals surface area (Å²) in [5, 5.41) is 6.13. The molecule has 0 aliphatic heterocycles. The third-order valence-electron chi connectivity index (χ3n) is 4.08. The Hall–Kier alpha value is -3.34. The van der Waals surface area contributed by atoms with Crippen molar-refractivity contribution in [1.82, 2.24) is 4.98 Å². The zero-order valence-electron chi connectivity index (χ0n) is 15.5. The Balaban J connectivity index is 1.66. The van der Waals surface area contributed by atoms with Crippen molar-refractivity contribution >= 4 is 23.0 Å². The van der Waals surface area contributed by atoms with Crippen LogP contribution in [-0.2, 0) is 6.42 Å². The number of aryl methyl sites for hydroxylation is 1. The van der Waals surface area contributed by atoms with Crippen molar-refractivity contribution < 1.29 is 9.53 Å². The molecule has 0 atom stereocenters. The van der Waals surface area contributed by atoms with Crippen LogP contribution >= 0.6 is 0 Å². The summed E-state index contributed by atoms with van der Waals surface area (Å²) in [5.41, 5.74) is 4.07. The van der Waals surface area contributed by atoms with Gasteiger partial charge in [-0.1, -0.05) is 31.2 Å². The average Bonchev–Trinajstić information content (AvgIpc) is 2.71. The molecule has 0 spiro atoms. The van der Waals surface area contributed by atoms with E-state index in [0.29, 0.717) is 23.7 Å². The molecule has 0 aliphatic carbocycles. The number of rotatable bonds is 7. The Labute approximate surface area is 159 Å². The topological polar surface area (TPSA) is 63.2 Å². The van der Waals surface area contributed by atoms with Crippen molar-refractivity contribution in [2.24, 2.45) is 0 Å². The van der Waals surface area contributed by atoms with E-state index in [1.807, 2.05) is 43.3 Å². The molecule has 3 rings (SSSR count). The lowest BCUT2D eigenvalue weighted by atomic mass is 10.1. The maximum absolute atomic E-state index is 12.5. The van der Waals surface area contributed by atoms with Crippen molar-refractivity contribution in [3.8, 4) is 5.75 Å². The van der Waals surface area contributed by atoms with Crippen LogP contribution in [0.15, 0.2) is 66.9 Å². The second-order valence-electron chi connectivity index (χ2n) is 5.99. The summed E-state index contributed by atoms with van der Waals surface area (Å²) < 4.78 is 5.53. The average molecular weight is 361 g/mol.